The van der Waals surface area contributed by atoms with Gasteiger partial charge in [-0.15, -0.1) is 0 Å². The first-order valence-electron chi connectivity index (χ1n) is 9.32. The minimum absolute atomic E-state index is 0.110. The molecular formula is C20H24FNO3S. The third-order valence-corrected chi connectivity index (χ3v) is 8.55. The van der Waals surface area contributed by atoms with E-state index in [2.05, 4.69) is 0 Å². The van der Waals surface area contributed by atoms with Crippen molar-refractivity contribution < 1.29 is 18.2 Å². The van der Waals surface area contributed by atoms with Crippen molar-refractivity contribution in [2.75, 3.05) is 13.1 Å². The van der Waals surface area contributed by atoms with Crippen LogP contribution >= 0.6 is 0 Å². The minimum atomic E-state index is -1.24. The summed E-state index contributed by atoms with van der Waals surface area (Å²) < 4.78 is 25.8. The second-order valence-electron chi connectivity index (χ2n) is 8.21. The molecule has 0 aromatic heterocycles. The molecule has 2 atom stereocenters. The molecule has 140 valence electrons. The highest BCUT2D eigenvalue weighted by atomic mass is 32.2. The number of carbonyl (C=O) groups is 2. The molecule has 3 aliphatic rings. The average molecular weight is 377 g/mol. The van der Waals surface area contributed by atoms with Gasteiger partial charge in [-0.2, -0.15) is 0 Å². The van der Waals surface area contributed by atoms with Crippen molar-refractivity contribution in [2.45, 2.75) is 55.6 Å². The quantitative estimate of drug-likeness (QED) is 0.810. The number of hydrogen-bond donors (Lipinski definition) is 0. The van der Waals surface area contributed by atoms with Crippen molar-refractivity contribution in [1.82, 2.24) is 4.90 Å². The molecule has 0 radical (unpaired) electrons. The lowest BCUT2D eigenvalue weighted by Crippen LogP contribution is -2.41. The van der Waals surface area contributed by atoms with Crippen LogP contribution in [0.2, 0.25) is 0 Å². The summed E-state index contributed by atoms with van der Waals surface area (Å²) in [5.41, 5.74) is -0.649. The molecule has 1 saturated heterocycles. The number of fused-ring (bicyclic) bond motifs is 2. The van der Waals surface area contributed by atoms with Gasteiger partial charge in [0.1, 0.15) is 11.6 Å². The fraction of sp³-hybridized carbons (Fsp3) is 0.600. The van der Waals surface area contributed by atoms with Gasteiger partial charge < -0.3 is 4.90 Å². The standard InChI is InChI=1S/C20H24FNO3S/c1-14(23)19-7-9-20(13-19,10-8-19)18(24)22-11-6-17(12-22)26(25)16-4-2-15(21)3-5-16/h2-5,17H,6-13H2,1H3. The number of halogens is 1. The topological polar surface area (TPSA) is 54.5 Å². The molecule has 1 aromatic carbocycles. The number of hydrogen-bond acceptors (Lipinski definition) is 3. The Labute approximate surface area is 155 Å². The van der Waals surface area contributed by atoms with Crippen molar-refractivity contribution in [2.24, 2.45) is 10.8 Å². The van der Waals surface area contributed by atoms with Crippen molar-refractivity contribution in [3.05, 3.63) is 30.1 Å². The molecular weight excluding hydrogens is 353 g/mol. The number of nitrogens with zero attached hydrogens (tertiary/aromatic N) is 1. The second-order valence-corrected chi connectivity index (χ2v) is 9.94. The number of Topliss-reactive ketones (excluding diaryl/α,β-unsaturated/α-hetero) is 1. The summed E-state index contributed by atoms with van der Waals surface area (Å²) in [5.74, 6) is 0.0302. The van der Waals surface area contributed by atoms with Crippen LogP contribution in [0.1, 0.15) is 45.4 Å². The van der Waals surface area contributed by atoms with Crippen LogP contribution in [0.5, 0.6) is 0 Å². The largest absolute Gasteiger partial charge is 0.341 e. The molecule has 1 heterocycles. The van der Waals surface area contributed by atoms with Gasteiger partial charge in [0.05, 0.1) is 21.5 Å². The summed E-state index contributed by atoms with van der Waals surface area (Å²) in [5, 5.41) is -0.110. The lowest BCUT2D eigenvalue weighted by molar-refractivity contribution is -0.140. The summed E-state index contributed by atoms with van der Waals surface area (Å²) in [6.45, 7) is 2.76. The van der Waals surface area contributed by atoms with Gasteiger partial charge in [-0.25, -0.2) is 4.39 Å². The molecule has 2 bridgehead atoms. The molecule has 0 spiro atoms. The third kappa shape index (κ3) is 2.73. The highest BCUT2D eigenvalue weighted by molar-refractivity contribution is 7.85. The van der Waals surface area contributed by atoms with Gasteiger partial charge >= 0.3 is 0 Å². The SMILES string of the molecule is CC(=O)C12CCC(C(=O)N3CCC(S(=O)c4ccc(F)cc4)C3)(CC1)C2. The maximum atomic E-state index is 13.2. The van der Waals surface area contributed by atoms with Crippen LogP contribution in [-0.4, -0.2) is 39.1 Å². The summed E-state index contributed by atoms with van der Waals surface area (Å²) in [4.78, 5) is 27.7. The Kier molecular flexibility index (Phi) is 4.29. The van der Waals surface area contributed by atoms with Crippen LogP contribution in [0.25, 0.3) is 0 Å². The van der Waals surface area contributed by atoms with Crippen LogP contribution in [0, 0.1) is 16.6 Å². The Morgan fingerprint density at radius 1 is 1.12 bits per heavy atom. The zero-order valence-corrected chi connectivity index (χ0v) is 15.8. The van der Waals surface area contributed by atoms with Gasteiger partial charge in [-0.1, -0.05) is 0 Å². The molecule has 1 aromatic rings. The molecule has 1 aliphatic heterocycles. The van der Waals surface area contributed by atoms with E-state index >= 15 is 0 Å². The van der Waals surface area contributed by atoms with E-state index in [1.54, 1.807) is 19.1 Å². The van der Waals surface area contributed by atoms with Gasteiger partial charge in [0.15, 0.2) is 0 Å². The van der Waals surface area contributed by atoms with Crippen LogP contribution in [0.4, 0.5) is 4.39 Å². The number of likely N-dealkylation sites (tertiary alicyclic amines) is 1. The van der Waals surface area contributed by atoms with Gasteiger partial charge in [0, 0.05) is 23.4 Å². The van der Waals surface area contributed by atoms with E-state index in [1.165, 1.54) is 12.1 Å². The molecule has 6 heteroatoms. The van der Waals surface area contributed by atoms with E-state index in [0.29, 0.717) is 30.8 Å². The molecule has 1 amide bonds. The monoisotopic (exact) mass is 377 g/mol. The Morgan fingerprint density at radius 2 is 1.73 bits per heavy atom. The fourth-order valence-corrected chi connectivity index (χ4v) is 6.58. The van der Waals surface area contributed by atoms with E-state index in [0.717, 1.165) is 25.7 Å². The lowest BCUT2D eigenvalue weighted by atomic mass is 9.79. The van der Waals surface area contributed by atoms with Crippen molar-refractivity contribution in [1.29, 1.82) is 0 Å². The zero-order chi connectivity index (χ0) is 18.5. The summed E-state index contributed by atoms with van der Waals surface area (Å²) in [7, 11) is -1.24. The number of ketones is 1. The molecule has 26 heavy (non-hydrogen) atoms. The summed E-state index contributed by atoms with van der Waals surface area (Å²) in [6, 6.07) is 5.76. The first kappa shape index (κ1) is 17.8. The molecule has 4 rings (SSSR count). The third-order valence-electron chi connectivity index (χ3n) is 6.82. The second kappa shape index (κ2) is 6.25. The number of amides is 1. The van der Waals surface area contributed by atoms with Crippen LogP contribution in [0.15, 0.2) is 29.2 Å². The molecule has 3 fully saturated rings. The maximum Gasteiger partial charge on any atom is 0.228 e. The van der Waals surface area contributed by atoms with E-state index in [1.807, 2.05) is 4.90 Å². The molecule has 2 unspecified atom stereocenters. The van der Waals surface area contributed by atoms with Gasteiger partial charge in [-0.3, -0.25) is 13.8 Å². The van der Waals surface area contributed by atoms with E-state index in [-0.39, 0.29) is 33.6 Å². The zero-order valence-electron chi connectivity index (χ0n) is 15.0. The molecule has 2 aliphatic carbocycles. The predicted octanol–water partition coefficient (Wildman–Crippen LogP) is 3.07. The van der Waals surface area contributed by atoms with Crippen LogP contribution < -0.4 is 0 Å². The maximum absolute atomic E-state index is 13.2. The summed E-state index contributed by atoms with van der Waals surface area (Å²) >= 11 is 0. The smallest absolute Gasteiger partial charge is 0.228 e. The normalized spacial score (nSPS) is 34.2. The van der Waals surface area contributed by atoms with Crippen LogP contribution in [0.3, 0.4) is 0 Å². The highest BCUT2D eigenvalue weighted by Gasteiger charge is 2.61. The Hall–Kier alpha value is -1.56. The summed E-state index contributed by atoms with van der Waals surface area (Å²) in [6.07, 6.45) is 4.64. The van der Waals surface area contributed by atoms with E-state index in [9.17, 15) is 18.2 Å². The molecule has 2 saturated carbocycles. The number of rotatable bonds is 4. The van der Waals surface area contributed by atoms with Crippen molar-refractivity contribution in [3.63, 3.8) is 0 Å². The number of benzene rings is 1. The van der Waals surface area contributed by atoms with Crippen LogP contribution in [-0.2, 0) is 20.4 Å². The first-order valence-corrected chi connectivity index (χ1v) is 10.5. The Bertz CT molecular complexity index is 768. The van der Waals surface area contributed by atoms with Gasteiger partial charge in [-0.05, 0) is 69.7 Å². The average Bonchev–Trinajstić information content (AvgIpc) is 3.36. The van der Waals surface area contributed by atoms with Crippen molar-refractivity contribution in [3.8, 4) is 0 Å². The molecule has 0 N–H and O–H groups in total. The number of carbonyl (C=O) groups excluding carboxylic acids is 2. The van der Waals surface area contributed by atoms with Gasteiger partial charge in [0.25, 0.3) is 0 Å². The van der Waals surface area contributed by atoms with E-state index in [4.69, 9.17) is 0 Å². The predicted molar refractivity (Wildman–Crippen MR) is 96.4 cm³/mol. The Balaban J connectivity index is 1.44. The Morgan fingerprint density at radius 3 is 2.31 bits per heavy atom. The van der Waals surface area contributed by atoms with E-state index < -0.39 is 10.8 Å². The minimum Gasteiger partial charge on any atom is -0.341 e. The van der Waals surface area contributed by atoms with Crippen molar-refractivity contribution >= 4 is 22.5 Å². The first-order chi connectivity index (χ1) is 12.4. The lowest BCUT2D eigenvalue weighted by Gasteiger charge is -2.30. The van der Waals surface area contributed by atoms with Gasteiger partial charge in [0.2, 0.25) is 5.91 Å². The fourth-order valence-electron chi connectivity index (χ4n) is 5.16. The highest BCUT2D eigenvalue weighted by Crippen LogP contribution is 2.62. The molecule has 4 nitrogen and oxygen atoms in total.